The number of carbonyl (C=O) groups is 1. The third-order valence-corrected chi connectivity index (χ3v) is 7.53. The summed E-state index contributed by atoms with van der Waals surface area (Å²) in [5.41, 5.74) is 0. The summed E-state index contributed by atoms with van der Waals surface area (Å²) in [6.07, 6.45) is 4.07. The standard InChI is InChI=1S/C18H20ClN3OS2/c1-11-16(12-6-8-22(11)9-7-12)21-17(23)15-10-20-18(25-15)24-14-4-2-13(19)3-5-14/h2-5,10-12,16H,6-9H2,1H3,(H,21,23)/t11-,16+/m1/s1. The molecule has 1 amide bonds. The molecule has 7 heteroatoms. The van der Waals surface area contributed by atoms with Crippen LogP contribution in [0.2, 0.25) is 5.02 Å². The number of hydrogen-bond acceptors (Lipinski definition) is 5. The monoisotopic (exact) mass is 393 g/mol. The van der Waals surface area contributed by atoms with Gasteiger partial charge in [-0.15, -0.1) is 11.3 Å². The van der Waals surface area contributed by atoms with Crippen molar-refractivity contribution in [2.24, 2.45) is 5.92 Å². The number of carbonyl (C=O) groups excluding carboxylic acids is 1. The van der Waals surface area contributed by atoms with Gasteiger partial charge in [0.05, 0.1) is 6.20 Å². The van der Waals surface area contributed by atoms with Crippen molar-refractivity contribution in [3.05, 3.63) is 40.4 Å². The van der Waals surface area contributed by atoms with Gasteiger partial charge in [-0.2, -0.15) is 0 Å². The van der Waals surface area contributed by atoms with Crippen molar-refractivity contribution in [3.8, 4) is 0 Å². The lowest BCUT2D eigenvalue weighted by molar-refractivity contribution is 0.0218. The van der Waals surface area contributed by atoms with E-state index in [4.69, 9.17) is 11.6 Å². The summed E-state index contributed by atoms with van der Waals surface area (Å²) < 4.78 is 0.870. The number of amides is 1. The van der Waals surface area contributed by atoms with E-state index in [-0.39, 0.29) is 11.9 Å². The van der Waals surface area contributed by atoms with E-state index in [1.165, 1.54) is 37.3 Å². The first kappa shape index (κ1) is 17.3. The van der Waals surface area contributed by atoms with Gasteiger partial charge in [-0.1, -0.05) is 23.4 Å². The molecule has 132 valence electrons. The van der Waals surface area contributed by atoms with E-state index in [9.17, 15) is 4.79 Å². The van der Waals surface area contributed by atoms with Crippen molar-refractivity contribution in [1.29, 1.82) is 0 Å². The molecule has 4 heterocycles. The van der Waals surface area contributed by atoms with Crippen LogP contribution in [-0.4, -0.2) is 41.0 Å². The molecule has 2 bridgehead atoms. The van der Waals surface area contributed by atoms with Crippen LogP contribution in [0.3, 0.4) is 0 Å². The molecular weight excluding hydrogens is 374 g/mol. The van der Waals surface area contributed by atoms with E-state index in [0.29, 0.717) is 16.8 Å². The first-order chi connectivity index (χ1) is 12.1. The summed E-state index contributed by atoms with van der Waals surface area (Å²) in [6, 6.07) is 8.32. The fraction of sp³-hybridized carbons (Fsp3) is 0.444. The highest BCUT2D eigenvalue weighted by molar-refractivity contribution is 8.01. The molecular formula is C18H20ClN3OS2. The van der Waals surface area contributed by atoms with Crippen LogP contribution in [0, 0.1) is 5.92 Å². The van der Waals surface area contributed by atoms with Gasteiger partial charge in [0.1, 0.15) is 4.88 Å². The molecule has 3 saturated heterocycles. The quantitative estimate of drug-likeness (QED) is 0.847. The minimum Gasteiger partial charge on any atom is -0.347 e. The van der Waals surface area contributed by atoms with Crippen molar-refractivity contribution in [2.45, 2.75) is 41.1 Å². The Labute approximate surface area is 161 Å². The van der Waals surface area contributed by atoms with Crippen LogP contribution in [-0.2, 0) is 0 Å². The number of rotatable bonds is 4. The fourth-order valence-electron chi connectivity index (χ4n) is 3.78. The van der Waals surface area contributed by atoms with Gasteiger partial charge >= 0.3 is 0 Å². The van der Waals surface area contributed by atoms with Crippen LogP contribution in [0.5, 0.6) is 0 Å². The van der Waals surface area contributed by atoms with Gasteiger partial charge < -0.3 is 5.32 Å². The zero-order valence-corrected chi connectivity index (χ0v) is 16.3. The molecule has 4 nitrogen and oxygen atoms in total. The predicted molar refractivity (Wildman–Crippen MR) is 103 cm³/mol. The van der Waals surface area contributed by atoms with E-state index in [1.54, 1.807) is 18.0 Å². The Morgan fingerprint density at radius 2 is 2.04 bits per heavy atom. The van der Waals surface area contributed by atoms with Crippen molar-refractivity contribution in [1.82, 2.24) is 15.2 Å². The second-order valence-electron chi connectivity index (χ2n) is 6.66. The summed E-state index contributed by atoms with van der Waals surface area (Å²) in [5.74, 6) is 0.617. The molecule has 3 aliphatic rings. The van der Waals surface area contributed by atoms with E-state index < -0.39 is 0 Å². The van der Waals surface area contributed by atoms with Crippen molar-refractivity contribution >= 4 is 40.6 Å². The summed E-state index contributed by atoms with van der Waals surface area (Å²) >= 11 is 8.91. The van der Waals surface area contributed by atoms with Gasteiger partial charge in [0.15, 0.2) is 4.34 Å². The summed E-state index contributed by atoms with van der Waals surface area (Å²) in [6.45, 7) is 4.56. The topological polar surface area (TPSA) is 45.2 Å². The minimum absolute atomic E-state index is 0.00561. The molecule has 1 aromatic carbocycles. The molecule has 0 aliphatic carbocycles. The summed E-state index contributed by atoms with van der Waals surface area (Å²) in [7, 11) is 0. The van der Waals surface area contributed by atoms with Gasteiger partial charge in [0, 0.05) is 22.0 Å². The lowest BCUT2D eigenvalue weighted by Crippen LogP contribution is -2.62. The highest BCUT2D eigenvalue weighted by Crippen LogP contribution is 2.34. The van der Waals surface area contributed by atoms with Crippen LogP contribution in [0.25, 0.3) is 0 Å². The predicted octanol–water partition coefficient (Wildman–Crippen LogP) is 4.16. The Bertz CT molecular complexity index is 754. The van der Waals surface area contributed by atoms with Crippen LogP contribution in [0.4, 0.5) is 0 Å². The normalized spacial score (nSPS) is 28.1. The molecule has 1 aromatic heterocycles. The smallest absolute Gasteiger partial charge is 0.263 e. The highest BCUT2D eigenvalue weighted by atomic mass is 35.5. The lowest BCUT2D eigenvalue weighted by Gasteiger charge is -2.49. The van der Waals surface area contributed by atoms with E-state index in [1.807, 2.05) is 24.3 Å². The van der Waals surface area contributed by atoms with Crippen LogP contribution in [0.15, 0.2) is 39.7 Å². The number of thiazole rings is 1. The molecule has 0 saturated carbocycles. The second kappa shape index (κ2) is 7.27. The molecule has 25 heavy (non-hydrogen) atoms. The Kier molecular flexibility index (Phi) is 5.04. The Morgan fingerprint density at radius 1 is 1.32 bits per heavy atom. The maximum atomic E-state index is 12.7. The molecule has 3 fully saturated rings. The zero-order valence-electron chi connectivity index (χ0n) is 13.9. The number of halogens is 1. The largest absolute Gasteiger partial charge is 0.347 e. The highest BCUT2D eigenvalue weighted by Gasteiger charge is 2.40. The molecule has 0 spiro atoms. The number of nitrogens with one attached hydrogen (secondary N) is 1. The van der Waals surface area contributed by atoms with Gasteiger partial charge in [-0.05, 0) is 63.0 Å². The average Bonchev–Trinajstić information content (AvgIpc) is 3.09. The first-order valence-corrected chi connectivity index (χ1v) is 10.6. The van der Waals surface area contributed by atoms with Crippen molar-refractivity contribution in [2.75, 3.05) is 13.1 Å². The van der Waals surface area contributed by atoms with Gasteiger partial charge in [-0.3, -0.25) is 9.69 Å². The van der Waals surface area contributed by atoms with Gasteiger partial charge in [-0.25, -0.2) is 4.98 Å². The van der Waals surface area contributed by atoms with E-state index in [0.717, 1.165) is 14.3 Å². The molecule has 1 N–H and O–H groups in total. The molecule has 0 unspecified atom stereocenters. The Balaban J connectivity index is 1.41. The van der Waals surface area contributed by atoms with Gasteiger partial charge in [0.25, 0.3) is 5.91 Å². The third-order valence-electron chi connectivity index (χ3n) is 5.20. The first-order valence-electron chi connectivity index (χ1n) is 8.54. The number of benzene rings is 1. The number of fused-ring (bicyclic) bond motifs is 3. The number of hydrogen-bond donors (Lipinski definition) is 1. The third kappa shape index (κ3) is 3.72. The van der Waals surface area contributed by atoms with Crippen LogP contribution in [0.1, 0.15) is 29.4 Å². The van der Waals surface area contributed by atoms with Gasteiger partial charge in [0.2, 0.25) is 0 Å². The number of nitrogens with zero attached hydrogens (tertiary/aromatic N) is 2. The summed E-state index contributed by atoms with van der Waals surface area (Å²) in [4.78, 5) is 21.3. The van der Waals surface area contributed by atoms with Crippen molar-refractivity contribution < 1.29 is 4.79 Å². The summed E-state index contributed by atoms with van der Waals surface area (Å²) in [5, 5.41) is 3.98. The second-order valence-corrected chi connectivity index (χ2v) is 9.45. The molecule has 2 aromatic rings. The molecule has 2 atom stereocenters. The van der Waals surface area contributed by atoms with Crippen LogP contribution < -0.4 is 5.32 Å². The SMILES string of the molecule is C[C@@H]1[C@H](NC(=O)c2cnc(Sc3ccc(Cl)cc3)s2)C2CCN1CC2. The van der Waals surface area contributed by atoms with E-state index in [2.05, 4.69) is 22.1 Å². The Hall–Kier alpha value is -1.08. The Morgan fingerprint density at radius 3 is 2.72 bits per heavy atom. The molecule has 5 rings (SSSR count). The fourth-order valence-corrected chi connectivity index (χ4v) is 5.76. The zero-order chi connectivity index (χ0) is 17.4. The van der Waals surface area contributed by atoms with Crippen molar-refractivity contribution in [3.63, 3.8) is 0 Å². The lowest BCUT2D eigenvalue weighted by atomic mass is 9.79. The van der Waals surface area contributed by atoms with Crippen LogP contribution >= 0.6 is 34.7 Å². The number of aromatic nitrogens is 1. The molecule has 0 radical (unpaired) electrons. The molecule has 3 aliphatic heterocycles. The number of piperidine rings is 3. The maximum absolute atomic E-state index is 12.7. The maximum Gasteiger partial charge on any atom is 0.263 e. The minimum atomic E-state index is 0.00561. The average molecular weight is 394 g/mol. The van der Waals surface area contributed by atoms with E-state index >= 15 is 0 Å².